The van der Waals surface area contributed by atoms with Gasteiger partial charge in [-0.1, -0.05) is 0 Å². The largest absolute Gasteiger partial charge is 0.381 e. The number of primary amides is 2. The van der Waals surface area contributed by atoms with Gasteiger partial charge in [-0.15, -0.1) is 0 Å². The van der Waals surface area contributed by atoms with Gasteiger partial charge >= 0.3 is 0 Å². The lowest BCUT2D eigenvalue weighted by Gasteiger charge is -2.08. The molecule has 0 atom stereocenters. The van der Waals surface area contributed by atoms with Gasteiger partial charge in [-0.05, 0) is 18.2 Å². The third-order valence-electron chi connectivity index (χ3n) is 2.76. The van der Waals surface area contributed by atoms with E-state index in [9.17, 15) is 9.59 Å². The molecule has 0 spiro atoms. The number of rotatable bonds is 5. The van der Waals surface area contributed by atoms with Crippen LogP contribution in [0.3, 0.4) is 0 Å². The number of nitrogens with two attached hydrogens (primary N) is 2. The minimum Gasteiger partial charge on any atom is -0.381 e. The normalized spacial score (nSPS) is 10.2. The number of aryl methyl sites for hydroxylation is 1. The maximum Gasteiger partial charge on any atom is 0.248 e. The van der Waals surface area contributed by atoms with E-state index in [2.05, 4.69) is 10.4 Å². The van der Waals surface area contributed by atoms with E-state index in [0.717, 1.165) is 5.56 Å². The topological polar surface area (TPSA) is 116 Å². The van der Waals surface area contributed by atoms with E-state index in [-0.39, 0.29) is 11.1 Å². The van der Waals surface area contributed by atoms with Gasteiger partial charge in [0.15, 0.2) is 0 Å². The second-order valence-corrected chi connectivity index (χ2v) is 4.40. The maximum absolute atomic E-state index is 11.2. The van der Waals surface area contributed by atoms with E-state index in [1.54, 1.807) is 23.0 Å². The van der Waals surface area contributed by atoms with Gasteiger partial charge in [-0.3, -0.25) is 14.3 Å². The molecule has 1 aromatic carbocycles. The molecule has 0 bridgehead atoms. The highest BCUT2D eigenvalue weighted by Gasteiger charge is 2.09. The molecule has 0 fully saturated rings. The number of carbonyl (C=O) groups is 2. The quantitative estimate of drug-likeness (QED) is 0.723. The van der Waals surface area contributed by atoms with Crippen molar-refractivity contribution in [3.8, 4) is 0 Å². The van der Waals surface area contributed by atoms with Gasteiger partial charge in [0.05, 0.1) is 6.20 Å². The average molecular weight is 273 g/mol. The monoisotopic (exact) mass is 273 g/mol. The van der Waals surface area contributed by atoms with Gasteiger partial charge in [0.1, 0.15) is 0 Å². The molecular weight excluding hydrogens is 258 g/mol. The Morgan fingerprint density at radius 3 is 2.25 bits per heavy atom. The minimum atomic E-state index is -0.613. The van der Waals surface area contributed by atoms with Gasteiger partial charge in [0.25, 0.3) is 0 Å². The fourth-order valence-electron chi connectivity index (χ4n) is 1.78. The van der Waals surface area contributed by atoms with Gasteiger partial charge in [0, 0.05) is 42.2 Å². The first-order valence-corrected chi connectivity index (χ1v) is 5.92. The summed E-state index contributed by atoms with van der Waals surface area (Å²) in [5.74, 6) is -1.23. The van der Waals surface area contributed by atoms with E-state index in [1.807, 2.05) is 13.2 Å². The highest BCUT2D eigenvalue weighted by Crippen LogP contribution is 2.15. The molecule has 0 aliphatic rings. The predicted octanol–water partition coefficient (Wildman–Crippen LogP) is 0.230. The van der Waals surface area contributed by atoms with Gasteiger partial charge in [-0.25, -0.2) is 0 Å². The van der Waals surface area contributed by atoms with Crippen LogP contribution in [0.4, 0.5) is 5.69 Å². The molecule has 0 saturated carbocycles. The smallest absolute Gasteiger partial charge is 0.248 e. The van der Waals surface area contributed by atoms with Crippen molar-refractivity contribution >= 4 is 17.5 Å². The number of aromatic nitrogens is 2. The Kier molecular flexibility index (Phi) is 3.69. The molecular formula is C13H15N5O2. The number of carbonyl (C=O) groups excluding carboxylic acids is 2. The van der Waals surface area contributed by atoms with Crippen LogP contribution in [0.5, 0.6) is 0 Å². The van der Waals surface area contributed by atoms with E-state index in [4.69, 9.17) is 11.5 Å². The van der Waals surface area contributed by atoms with Crippen molar-refractivity contribution in [2.24, 2.45) is 18.5 Å². The first-order valence-electron chi connectivity index (χ1n) is 5.92. The van der Waals surface area contributed by atoms with E-state index < -0.39 is 11.8 Å². The van der Waals surface area contributed by atoms with E-state index in [0.29, 0.717) is 12.2 Å². The zero-order valence-electron chi connectivity index (χ0n) is 11.0. The Morgan fingerprint density at radius 1 is 1.20 bits per heavy atom. The molecule has 7 nitrogen and oxygen atoms in total. The van der Waals surface area contributed by atoms with Crippen LogP contribution in [-0.4, -0.2) is 21.6 Å². The molecule has 104 valence electrons. The molecule has 0 radical (unpaired) electrons. The summed E-state index contributed by atoms with van der Waals surface area (Å²) in [4.78, 5) is 22.5. The molecule has 1 aromatic heterocycles. The molecule has 0 aliphatic carbocycles. The number of nitrogens with zero attached hydrogens (tertiary/aromatic N) is 2. The van der Waals surface area contributed by atoms with Gasteiger partial charge in [-0.2, -0.15) is 5.10 Å². The molecule has 0 aliphatic heterocycles. The Balaban J connectivity index is 2.21. The zero-order valence-corrected chi connectivity index (χ0v) is 11.0. The molecule has 5 N–H and O–H groups in total. The van der Waals surface area contributed by atoms with Crippen molar-refractivity contribution in [2.75, 3.05) is 5.32 Å². The number of hydrogen-bond acceptors (Lipinski definition) is 4. The van der Waals surface area contributed by atoms with Crippen molar-refractivity contribution in [2.45, 2.75) is 6.54 Å². The van der Waals surface area contributed by atoms with Crippen LogP contribution < -0.4 is 16.8 Å². The number of amides is 2. The summed E-state index contributed by atoms with van der Waals surface area (Å²) in [7, 11) is 1.82. The highest BCUT2D eigenvalue weighted by atomic mass is 16.1. The molecule has 2 aromatic rings. The van der Waals surface area contributed by atoms with Crippen LogP contribution in [0.15, 0.2) is 30.6 Å². The summed E-state index contributed by atoms with van der Waals surface area (Å²) in [6.07, 6.45) is 3.58. The Morgan fingerprint density at radius 2 is 1.80 bits per heavy atom. The van der Waals surface area contributed by atoms with Crippen LogP contribution in [0.25, 0.3) is 0 Å². The molecule has 0 unspecified atom stereocenters. The Bertz CT molecular complexity index is 630. The summed E-state index contributed by atoms with van der Waals surface area (Å²) in [6.45, 7) is 0.508. The number of benzene rings is 1. The second kappa shape index (κ2) is 5.43. The Labute approximate surface area is 115 Å². The number of hydrogen-bond donors (Lipinski definition) is 3. The van der Waals surface area contributed by atoms with Crippen LogP contribution in [0, 0.1) is 0 Å². The molecule has 0 saturated heterocycles. The first-order chi connectivity index (χ1) is 9.45. The van der Waals surface area contributed by atoms with Gasteiger partial charge < -0.3 is 16.8 Å². The van der Waals surface area contributed by atoms with Crippen molar-refractivity contribution in [3.05, 3.63) is 47.3 Å². The SMILES string of the molecule is Cn1cc(CNc2cc(C(N)=O)cc(C(N)=O)c2)cn1. The van der Waals surface area contributed by atoms with Crippen LogP contribution in [-0.2, 0) is 13.6 Å². The van der Waals surface area contributed by atoms with Crippen LogP contribution in [0.2, 0.25) is 0 Å². The lowest BCUT2D eigenvalue weighted by molar-refractivity contribution is 0.0999. The predicted molar refractivity (Wildman–Crippen MR) is 74.0 cm³/mol. The molecule has 2 amide bonds. The summed E-state index contributed by atoms with van der Waals surface area (Å²) < 4.78 is 1.69. The van der Waals surface area contributed by atoms with Gasteiger partial charge in [0.2, 0.25) is 11.8 Å². The van der Waals surface area contributed by atoms with Crippen molar-refractivity contribution in [1.29, 1.82) is 0 Å². The molecule has 20 heavy (non-hydrogen) atoms. The Hall–Kier alpha value is -2.83. The third-order valence-corrected chi connectivity index (χ3v) is 2.76. The maximum atomic E-state index is 11.2. The third kappa shape index (κ3) is 3.14. The lowest BCUT2D eigenvalue weighted by atomic mass is 10.1. The van der Waals surface area contributed by atoms with E-state index >= 15 is 0 Å². The molecule has 1 heterocycles. The number of nitrogens with one attached hydrogen (secondary N) is 1. The van der Waals surface area contributed by atoms with E-state index in [1.165, 1.54) is 6.07 Å². The van der Waals surface area contributed by atoms with Crippen molar-refractivity contribution < 1.29 is 9.59 Å². The molecule has 7 heteroatoms. The fourth-order valence-corrected chi connectivity index (χ4v) is 1.78. The summed E-state index contributed by atoms with van der Waals surface area (Å²) in [6, 6.07) is 4.52. The lowest BCUT2D eigenvalue weighted by Crippen LogP contribution is -2.16. The summed E-state index contributed by atoms with van der Waals surface area (Å²) in [5.41, 5.74) is 12.5. The fraction of sp³-hybridized carbons (Fsp3) is 0.154. The average Bonchev–Trinajstić information content (AvgIpc) is 2.81. The minimum absolute atomic E-state index is 0.231. The first kappa shape index (κ1) is 13.6. The summed E-state index contributed by atoms with van der Waals surface area (Å²) >= 11 is 0. The van der Waals surface area contributed by atoms with Crippen molar-refractivity contribution in [1.82, 2.24) is 9.78 Å². The van der Waals surface area contributed by atoms with Crippen LogP contribution >= 0.6 is 0 Å². The molecule has 2 rings (SSSR count). The number of anilines is 1. The summed E-state index contributed by atoms with van der Waals surface area (Å²) in [5, 5.41) is 7.14. The second-order valence-electron chi connectivity index (χ2n) is 4.40. The highest BCUT2D eigenvalue weighted by molar-refractivity contribution is 5.99. The van der Waals surface area contributed by atoms with Crippen molar-refractivity contribution in [3.63, 3.8) is 0 Å². The van der Waals surface area contributed by atoms with Crippen LogP contribution in [0.1, 0.15) is 26.3 Å². The standard InChI is InChI=1S/C13H15N5O2/c1-18-7-8(6-17-18)5-16-11-3-9(12(14)19)2-10(4-11)13(15)20/h2-4,6-7,16H,5H2,1H3,(H2,14,19)(H2,15,20). The zero-order chi connectivity index (χ0) is 14.7.